The molecule has 0 saturated carbocycles. The molecule has 3 heterocycles. The van der Waals surface area contributed by atoms with Crippen molar-refractivity contribution >= 4 is 11.6 Å². The Hall–Kier alpha value is -1.46. The number of hydrogen-bond acceptors (Lipinski definition) is 4. The number of aromatic nitrogens is 4. The summed E-state index contributed by atoms with van der Waals surface area (Å²) in [7, 11) is 0. The van der Waals surface area contributed by atoms with Gasteiger partial charge in [0.25, 0.3) is 0 Å². The Bertz CT molecular complexity index is 536. The van der Waals surface area contributed by atoms with Crippen LogP contribution >= 0.6 is 11.6 Å². The van der Waals surface area contributed by atoms with E-state index in [2.05, 4.69) is 21.4 Å². The molecule has 6 heteroatoms. The Balaban J connectivity index is 1.84. The third-order valence-corrected chi connectivity index (χ3v) is 3.08. The van der Waals surface area contributed by atoms with Crippen LogP contribution in [0.15, 0.2) is 18.5 Å². The zero-order valence-electron chi connectivity index (χ0n) is 9.71. The Labute approximate surface area is 110 Å². The fourth-order valence-corrected chi connectivity index (χ4v) is 2.15. The lowest BCUT2D eigenvalue weighted by Crippen LogP contribution is -2.18. The lowest BCUT2D eigenvalue weighted by Gasteiger charge is -2.22. The van der Waals surface area contributed by atoms with Gasteiger partial charge in [-0.25, -0.2) is 4.68 Å². The van der Waals surface area contributed by atoms with Gasteiger partial charge in [0.1, 0.15) is 11.9 Å². The van der Waals surface area contributed by atoms with Crippen LogP contribution in [0.25, 0.3) is 11.3 Å². The number of halogens is 1. The standard InChI is InChI=1S/C12H12ClN4O/c13-11-7-9(8-14-15-11)10-4-5-17(16-10)12-3-1-2-6-18-12/h5,7-8,12H,1-3,6H2. The summed E-state index contributed by atoms with van der Waals surface area (Å²) in [4.78, 5) is 0. The van der Waals surface area contributed by atoms with E-state index in [0.717, 1.165) is 25.0 Å². The van der Waals surface area contributed by atoms with Crippen molar-refractivity contribution in [3.05, 3.63) is 29.7 Å². The minimum Gasteiger partial charge on any atom is -0.357 e. The molecule has 93 valence electrons. The van der Waals surface area contributed by atoms with Gasteiger partial charge < -0.3 is 4.74 Å². The van der Waals surface area contributed by atoms with Gasteiger partial charge in [-0.1, -0.05) is 11.6 Å². The van der Waals surface area contributed by atoms with Gasteiger partial charge in [-0.15, -0.1) is 5.10 Å². The zero-order valence-corrected chi connectivity index (χ0v) is 10.5. The highest BCUT2D eigenvalue weighted by molar-refractivity contribution is 6.29. The molecule has 1 saturated heterocycles. The van der Waals surface area contributed by atoms with Crippen molar-refractivity contribution in [2.24, 2.45) is 0 Å². The second-order valence-electron chi connectivity index (χ2n) is 4.19. The molecule has 0 spiro atoms. The second-order valence-corrected chi connectivity index (χ2v) is 4.58. The van der Waals surface area contributed by atoms with Crippen LogP contribution < -0.4 is 0 Å². The monoisotopic (exact) mass is 263 g/mol. The molecule has 1 atom stereocenters. The molecule has 0 N–H and O–H groups in total. The number of nitrogens with zero attached hydrogens (tertiary/aromatic N) is 4. The van der Waals surface area contributed by atoms with Gasteiger partial charge in [0.15, 0.2) is 5.15 Å². The number of hydrogen-bond donors (Lipinski definition) is 0. The molecule has 2 aromatic heterocycles. The van der Waals surface area contributed by atoms with Gasteiger partial charge in [0.05, 0.1) is 6.20 Å². The highest BCUT2D eigenvalue weighted by Crippen LogP contribution is 2.24. The van der Waals surface area contributed by atoms with Crippen LogP contribution in [0.5, 0.6) is 0 Å². The normalized spacial score (nSPS) is 19.9. The average molecular weight is 264 g/mol. The molecule has 1 radical (unpaired) electrons. The molecule has 5 nitrogen and oxygen atoms in total. The lowest BCUT2D eigenvalue weighted by atomic mass is 10.2. The summed E-state index contributed by atoms with van der Waals surface area (Å²) in [6, 6.07) is 4.81. The fraction of sp³-hybridized carbons (Fsp3) is 0.417. The van der Waals surface area contributed by atoms with Crippen LogP contribution in [0.4, 0.5) is 0 Å². The molecule has 0 aromatic carbocycles. The van der Waals surface area contributed by atoms with E-state index >= 15 is 0 Å². The molecular weight excluding hydrogens is 252 g/mol. The van der Waals surface area contributed by atoms with Crippen molar-refractivity contribution < 1.29 is 4.74 Å². The summed E-state index contributed by atoms with van der Waals surface area (Å²) in [6.45, 7) is 0.794. The largest absolute Gasteiger partial charge is 0.357 e. The van der Waals surface area contributed by atoms with Crippen molar-refractivity contribution in [3.63, 3.8) is 0 Å². The number of rotatable bonds is 2. The third kappa shape index (κ3) is 2.37. The Morgan fingerprint density at radius 1 is 1.44 bits per heavy atom. The molecule has 0 aliphatic carbocycles. The van der Waals surface area contributed by atoms with E-state index in [9.17, 15) is 0 Å². The first-order valence-corrected chi connectivity index (χ1v) is 6.28. The molecule has 3 rings (SSSR count). The average Bonchev–Trinajstić information content (AvgIpc) is 2.89. The summed E-state index contributed by atoms with van der Waals surface area (Å²) in [6.07, 6.45) is 6.73. The molecule has 0 amide bonds. The highest BCUT2D eigenvalue weighted by Gasteiger charge is 2.17. The van der Waals surface area contributed by atoms with Crippen molar-refractivity contribution in [3.8, 4) is 11.3 Å². The van der Waals surface area contributed by atoms with Crippen LogP contribution in [-0.4, -0.2) is 26.6 Å². The van der Waals surface area contributed by atoms with Crippen LogP contribution in [-0.2, 0) is 4.74 Å². The van der Waals surface area contributed by atoms with Gasteiger partial charge >= 0.3 is 0 Å². The van der Waals surface area contributed by atoms with Crippen LogP contribution in [0.1, 0.15) is 25.5 Å². The van der Waals surface area contributed by atoms with Gasteiger partial charge in [0.2, 0.25) is 0 Å². The quantitative estimate of drug-likeness (QED) is 0.835. The molecule has 0 bridgehead atoms. The smallest absolute Gasteiger partial charge is 0.152 e. The predicted molar refractivity (Wildman–Crippen MR) is 65.9 cm³/mol. The fourth-order valence-electron chi connectivity index (χ4n) is 1.99. The summed E-state index contributed by atoms with van der Waals surface area (Å²) in [5, 5.41) is 12.3. The van der Waals surface area contributed by atoms with Crippen LogP contribution in [0, 0.1) is 6.07 Å². The molecule has 1 unspecified atom stereocenters. The molecule has 1 aliphatic rings. The van der Waals surface area contributed by atoms with Crippen LogP contribution in [0.3, 0.4) is 0 Å². The van der Waals surface area contributed by atoms with E-state index in [1.165, 1.54) is 6.42 Å². The summed E-state index contributed by atoms with van der Waals surface area (Å²) >= 11 is 5.80. The first-order chi connectivity index (χ1) is 8.83. The highest BCUT2D eigenvalue weighted by atomic mass is 35.5. The molecule has 18 heavy (non-hydrogen) atoms. The lowest BCUT2D eigenvalue weighted by molar-refractivity contribution is -0.0393. The topological polar surface area (TPSA) is 52.8 Å². The number of ether oxygens (including phenoxy) is 1. The first kappa shape index (κ1) is 11.6. The maximum Gasteiger partial charge on any atom is 0.152 e. The second kappa shape index (κ2) is 5.04. The van der Waals surface area contributed by atoms with Crippen molar-refractivity contribution in [1.29, 1.82) is 0 Å². The van der Waals surface area contributed by atoms with E-state index < -0.39 is 0 Å². The Morgan fingerprint density at radius 2 is 2.39 bits per heavy atom. The van der Waals surface area contributed by atoms with Gasteiger partial charge in [-0.3, -0.25) is 0 Å². The molecular formula is C12H12ClN4O. The van der Waals surface area contributed by atoms with Gasteiger partial charge in [-0.2, -0.15) is 10.2 Å². The zero-order chi connectivity index (χ0) is 12.4. The van der Waals surface area contributed by atoms with Crippen molar-refractivity contribution in [1.82, 2.24) is 20.0 Å². The minimum absolute atomic E-state index is 0.0222. The maximum absolute atomic E-state index is 5.80. The molecule has 1 aliphatic heterocycles. The maximum atomic E-state index is 5.80. The third-order valence-electron chi connectivity index (χ3n) is 2.90. The van der Waals surface area contributed by atoms with E-state index in [1.807, 2.05) is 4.68 Å². The van der Waals surface area contributed by atoms with Crippen molar-refractivity contribution in [2.75, 3.05) is 6.61 Å². The minimum atomic E-state index is 0.0222. The molecule has 1 fully saturated rings. The summed E-state index contributed by atoms with van der Waals surface area (Å²) < 4.78 is 7.47. The summed E-state index contributed by atoms with van der Waals surface area (Å²) in [5.41, 5.74) is 1.52. The predicted octanol–water partition coefficient (Wildman–Crippen LogP) is 2.49. The van der Waals surface area contributed by atoms with Gasteiger partial charge in [0, 0.05) is 24.4 Å². The SMILES string of the molecule is Clc1cc(-c2[c]cn(C3CCCCO3)n2)cnn1. The molecule has 2 aromatic rings. The van der Waals surface area contributed by atoms with Gasteiger partial charge in [-0.05, 0) is 25.3 Å². The van der Waals surface area contributed by atoms with Crippen molar-refractivity contribution in [2.45, 2.75) is 25.5 Å². The Morgan fingerprint density at radius 3 is 3.17 bits per heavy atom. The first-order valence-electron chi connectivity index (χ1n) is 5.90. The van der Waals surface area contributed by atoms with E-state index in [4.69, 9.17) is 16.3 Å². The van der Waals surface area contributed by atoms with Crippen LogP contribution in [0.2, 0.25) is 5.15 Å². The van der Waals surface area contributed by atoms with E-state index in [-0.39, 0.29) is 6.23 Å². The summed E-state index contributed by atoms with van der Waals surface area (Å²) in [5.74, 6) is 0. The Kier molecular flexibility index (Phi) is 3.25. The van der Waals surface area contributed by atoms with E-state index in [1.54, 1.807) is 18.5 Å². The van der Waals surface area contributed by atoms with E-state index in [0.29, 0.717) is 10.8 Å².